The van der Waals surface area contributed by atoms with Gasteiger partial charge in [0.15, 0.2) is 0 Å². The van der Waals surface area contributed by atoms with Crippen molar-refractivity contribution < 1.29 is 0 Å². The molecule has 0 aromatic carbocycles. The van der Waals surface area contributed by atoms with Crippen LogP contribution in [0.25, 0.3) is 0 Å². The molecule has 0 heterocycles. The zero-order chi connectivity index (χ0) is 10.4. The molecule has 12 heavy (non-hydrogen) atoms. The van der Waals surface area contributed by atoms with Gasteiger partial charge in [0.2, 0.25) is 0 Å². The Morgan fingerprint density at radius 3 is 1.33 bits per heavy atom. The Balaban J connectivity index is -0.000000175. The van der Waals surface area contributed by atoms with E-state index in [1.54, 1.807) is 0 Å². The van der Waals surface area contributed by atoms with E-state index in [1.807, 2.05) is 13.8 Å². The molecule has 0 fully saturated rings. The summed E-state index contributed by atoms with van der Waals surface area (Å²) in [6.07, 6.45) is 5.51. The monoisotopic (exact) mass is 175 g/mol. The van der Waals surface area contributed by atoms with Crippen LogP contribution >= 0.6 is 0 Å². The molecule has 0 saturated carbocycles. The minimum absolute atomic E-state index is 1.000. The van der Waals surface area contributed by atoms with E-state index in [-0.39, 0.29) is 0 Å². The normalized spacial score (nSPS) is 8.00. The lowest BCUT2D eigenvalue weighted by Gasteiger charge is -2.08. The molecular formula is C11H29N. The highest BCUT2D eigenvalue weighted by atomic mass is 14.4. The molecule has 1 heteroatoms. The van der Waals surface area contributed by atoms with Gasteiger partial charge >= 0.3 is 0 Å². The van der Waals surface area contributed by atoms with Crippen LogP contribution in [0.15, 0.2) is 0 Å². The summed E-state index contributed by atoms with van der Waals surface area (Å²) >= 11 is 0. The lowest BCUT2D eigenvalue weighted by molar-refractivity contribution is 0.451. The lowest BCUT2D eigenvalue weighted by atomic mass is 9.98. The predicted molar refractivity (Wildman–Crippen MR) is 60.4 cm³/mol. The van der Waals surface area contributed by atoms with Gasteiger partial charge in [-0.1, -0.05) is 60.3 Å². The van der Waals surface area contributed by atoms with Gasteiger partial charge < -0.3 is 5.73 Å². The van der Waals surface area contributed by atoms with E-state index in [9.17, 15) is 0 Å². The molecule has 0 aromatic heterocycles. The van der Waals surface area contributed by atoms with Gasteiger partial charge in [-0.3, -0.25) is 0 Å². The van der Waals surface area contributed by atoms with Crippen LogP contribution < -0.4 is 5.73 Å². The topological polar surface area (TPSA) is 26.0 Å². The maximum Gasteiger partial charge on any atom is -0.0195 e. The molecule has 0 aromatic rings. The highest BCUT2D eigenvalue weighted by molar-refractivity contribution is 4.51. The molecule has 0 aliphatic rings. The number of hydrogen-bond acceptors (Lipinski definition) is 1. The van der Waals surface area contributed by atoms with Gasteiger partial charge in [-0.25, -0.2) is 0 Å². The first kappa shape index (κ1) is 17.9. The Hall–Kier alpha value is -0.0400. The first-order valence-corrected chi connectivity index (χ1v) is 5.42. The minimum atomic E-state index is 1.000. The average molecular weight is 175 g/mol. The van der Waals surface area contributed by atoms with E-state index in [2.05, 4.69) is 26.5 Å². The second-order valence-electron chi connectivity index (χ2n) is 2.47. The molecule has 0 aliphatic heterocycles. The van der Waals surface area contributed by atoms with E-state index in [4.69, 9.17) is 0 Å². The maximum absolute atomic E-state index is 4.50. The molecule has 0 unspecified atom stereocenters. The van der Waals surface area contributed by atoms with Crippen LogP contribution in [0.2, 0.25) is 0 Å². The summed E-state index contributed by atoms with van der Waals surface area (Å²) in [6.45, 7) is 10.8. The molecule has 1 nitrogen and oxygen atoms in total. The lowest BCUT2D eigenvalue weighted by Crippen LogP contribution is -1.94. The van der Waals surface area contributed by atoms with Crippen molar-refractivity contribution in [3.63, 3.8) is 0 Å². The Kier molecular flexibility index (Phi) is 33.5. The highest BCUT2D eigenvalue weighted by Gasteiger charge is 1.98. The highest BCUT2D eigenvalue weighted by Crippen LogP contribution is 2.13. The van der Waals surface area contributed by atoms with Gasteiger partial charge in [-0.2, -0.15) is 0 Å². The van der Waals surface area contributed by atoms with Crippen molar-refractivity contribution in [2.45, 2.75) is 60.3 Å². The SMILES string of the molecule is CC.CCCC(CC)CC.CN. The van der Waals surface area contributed by atoms with Crippen LogP contribution in [0, 0.1) is 5.92 Å². The second kappa shape index (κ2) is 22.4. The van der Waals surface area contributed by atoms with Crippen molar-refractivity contribution >= 4 is 0 Å². The van der Waals surface area contributed by atoms with E-state index >= 15 is 0 Å². The quantitative estimate of drug-likeness (QED) is 0.690. The number of nitrogens with two attached hydrogens (primary N) is 1. The Morgan fingerprint density at radius 2 is 1.25 bits per heavy atom. The molecule has 2 N–H and O–H groups in total. The molecule has 0 aliphatic carbocycles. The van der Waals surface area contributed by atoms with Crippen LogP contribution in [0.5, 0.6) is 0 Å². The van der Waals surface area contributed by atoms with E-state index in [1.165, 1.54) is 32.7 Å². The third-order valence-electron chi connectivity index (χ3n) is 1.85. The molecule has 0 rings (SSSR count). The molecule has 0 radical (unpaired) electrons. The second-order valence-corrected chi connectivity index (χ2v) is 2.47. The van der Waals surface area contributed by atoms with Crippen LogP contribution in [-0.2, 0) is 0 Å². The molecule has 0 saturated heterocycles. The zero-order valence-electron chi connectivity index (χ0n) is 9.98. The minimum Gasteiger partial charge on any atom is -0.333 e. The Morgan fingerprint density at radius 1 is 0.917 bits per heavy atom. The molecule has 0 bridgehead atoms. The fraction of sp³-hybridized carbons (Fsp3) is 1.00. The van der Waals surface area contributed by atoms with Crippen LogP contribution in [0.1, 0.15) is 60.3 Å². The fourth-order valence-electron chi connectivity index (χ4n) is 1.11. The first-order valence-electron chi connectivity index (χ1n) is 5.42. The number of hydrogen-bond donors (Lipinski definition) is 1. The summed E-state index contributed by atoms with van der Waals surface area (Å²) < 4.78 is 0. The van der Waals surface area contributed by atoms with Crippen LogP contribution in [0.4, 0.5) is 0 Å². The fourth-order valence-corrected chi connectivity index (χ4v) is 1.11. The molecule has 78 valence electrons. The molecular weight excluding hydrogens is 146 g/mol. The molecule has 0 spiro atoms. The smallest absolute Gasteiger partial charge is 0.0195 e. The zero-order valence-corrected chi connectivity index (χ0v) is 9.98. The van der Waals surface area contributed by atoms with Crippen molar-refractivity contribution in [3.05, 3.63) is 0 Å². The average Bonchev–Trinajstić information content (AvgIpc) is 2.20. The summed E-state index contributed by atoms with van der Waals surface area (Å²) in [5.74, 6) is 1.000. The Labute approximate surface area is 79.7 Å². The predicted octanol–water partition coefficient (Wildman–Crippen LogP) is 3.82. The third-order valence-corrected chi connectivity index (χ3v) is 1.85. The van der Waals surface area contributed by atoms with Gasteiger partial charge in [0.25, 0.3) is 0 Å². The summed E-state index contributed by atoms with van der Waals surface area (Å²) in [5, 5.41) is 0. The van der Waals surface area contributed by atoms with Crippen molar-refractivity contribution in [2.24, 2.45) is 11.7 Å². The van der Waals surface area contributed by atoms with Crippen molar-refractivity contribution in [3.8, 4) is 0 Å². The largest absolute Gasteiger partial charge is 0.333 e. The first-order chi connectivity index (χ1) is 5.85. The van der Waals surface area contributed by atoms with E-state index < -0.39 is 0 Å². The van der Waals surface area contributed by atoms with Gasteiger partial charge in [0.05, 0.1) is 0 Å². The number of rotatable bonds is 4. The summed E-state index contributed by atoms with van der Waals surface area (Å²) in [4.78, 5) is 0. The Bertz CT molecular complexity index is 40.3. The van der Waals surface area contributed by atoms with Gasteiger partial charge in [0.1, 0.15) is 0 Å². The maximum atomic E-state index is 4.50. The standard InChI is InChI=1S/C8H18.C2H6.CH5N/c1-4-7-8(5-2)6-3;2*1-2/h8H,4-7H2,1-3H3;1-2H3;2H2,1H3. The van der Waals surface area contributed by atoms with E-state index in [0.717, 1.165) is 5.92 Å². The van der Waals surface area contributed by atoms with Crippen molar-refractivity contribution in [2.75, 3.05) is 7.05 Å². The molecule has 0 atom stereocenters. The molecule has 0 amide bonds. The summed E-state index contributed by atoms with van der Waals surface area (Å²) in [5.41, 5.74) is 4.50. The van der Waals surface area contributed by atoms with Crippen molar-refractivity contribution in [1.82, 2.24) is 0 Å². The van der Waals surface area contributed by atoms with Gasteiger partial charge in [-0.05, 0) is 13.0 Å². The van der Waals surface area contributed by atoms with Crippen molar-refractivity contribution in [1.29, 1.82) is 0 Å². The van der Waals surface area contributed by atoms with Gasteiger partial charge in [0, 0.05) is 0 Å². The van der Waals surface area contributed by atoms with Crippen LogP contribution in [0.3, 0.4) is 0 Å². The summed E-state index contributed by atoms with van der Waals surface area (Å²) in [7, 11) is 1.50. The van der Waals surface area contributed by atoms with Gasteiger partial charge in [-0.15, -0.1) is 0 Å². The summed E-state index contributed by atoms with van der Waals surface area (Å²) in [6, 6.07) is 0. The van der Waals surface area contributed by atoms with E-state index in [0.29, 0.717) is 0 Å². The van der Waals surface area contributed by atoms with Crippen LogP contribution in [-0.4, -0.2) is 7.05 Å². The third kappa shape index (κ3) is 16.5.